The van der Waals surface area contributed by atoms with Crippen molar-refractivity contribution in [3.63, 3.8) is 0 Å². The second kappa shape index (κ2) is 5.95. The molecule has 1 heterocycles. The van der Waals surface area contributed by atoms with Gasteiger partial charge in [0.15, 0.2) is 0 Å². The molecule has 0 radical (unpaired) electrons. The van der Waals surface area contributed by atoms with E-state index < -0.39 is 0 Å². The highest BCUT2D eigenvalue weighted by Gasteiger charge is 2.22. The van der Waals surface area contributed by atoms with Gasteiger partial charge in [-0.2, -0.15) is 0 Å². The van der Waals surface area contributed by atoms with E-state index in [9.17, 15) is 9.59 Å². The zero-order chi connectivity index (χ0) is 13.0. The Balaban J connectivity index is 1.72. The molecular formula is C12H14BrN3O2. The van der Waals surface area contributed by atoms with Crippen LogP contribution < -0.4 is 10.6 Å². The summed E-state index contributed by atoms with van der Waals surface area (Å²) in [4.78, 5) is 27.0. The fourth-order valence-electron chi connectivity index (χ4n) is 1.46. The van der Waals surface area contributed by atoms with Gasteiger partial charge in [0.25, 0.3) is 5.91 Å². The van der Waals surface area contributed by atoms with Crippen LogP contribution in [0.2, 0.25) is 0 Å². The maximum atomic E-state index is 11.7. The third-order valence-corrected chi connectivity index (χ3v) is 2.98. The number of carbonyl (C=O) groups is 2. The summed E-state index contributed by atoms with van der Waals surface area (Å²) in [6, 6.07) is 2.05. The molecule has 6 heteroatoms. The molecule has 1 aromatic heterocycles. The highest BCUT2D eigenvalue weighted by atomic mass is 79.9. The van der Waals surface area contributed by atoms with Gasteiger partial charge in [-0.3, -0.25) is 14.6 Å². The fourth-order valence-corrected chi connectivity index (χ4v) is 1.82. The average Bonchev–Trinajstić information content (AvgIpc) is 3.12. The number of nitrogens with zero attached hydrogens (tertiary/aromatic N) is 1. The van der Waals surface area contributed by atoms with Gasteiger partial charge in [0.2, 0.25) is 5.91 Å². The summed E-state index contributed by atoms with van der Waals surface area (Å²) in [6.45, 7) is 0.337. The third kappa shape index (κ3) is 4.10. The number of nitrogens with one attached hydrogen (secondary N) is 2. The molecule has 2 rings (SSSR count). The molecule has 0 unspecified atom stereocenters. The molecule has 0 bridgehead atoms. The van der Waals surface area contributed by atoms with E-state index in [0.29, 0.717) is 24.6 Å². The summed E-state index contributed by atoms with van der Waals surface area (Å²) in [5.41, 5.74) is 0.479. The zero-order valence-corrected chi connectivity index (χ0v) is 11.4. The standard InChI is InChI=1S/C12H14BrN3O2/c13-9-5-8(6-14-7-9)12(18)15-4-3-11(17)16-10-1-2-10/h5-7,10H,1-4H2,(H,15,18)(H,16,17). The van der Waals surface area contributed by atoms with Gasteiger partial charge in [-0.05, 0) is 34.8 Å². The lowest BCUT2D eigenvalue weighted by atomic mass is 10.2. The van der Waals surface area contributed by atoms with Crippen LogP contribution in [0.5, 0.6) is 0 Å². The van der Waals surface area contributed by atoms with E-state index in [1.165, 1.54) is 6.20 Å². The molecule has 0 saturated heterocycles. The van der Waals surface area contributed by atoms with Crippen LogP contribution in [0.4, 0.5) is 0 Å². The number of aromatic nitrogens is 1. The van der Waals surface area contributed by atoms with Crippen molar-refractivity contribution in [3.05, 3.63) is 28.5 Å². The van der Waals surface area contributed by atoms with Gasteiger partial charge in [-0.15, -0.1) is 0 Å². The molecule has 0 aromatic carbocycles. The Labute approximate surface area is 113 Å². The van der Waals surface area contributed by atoms with Gasteiger partial charge in [-0.1, -0.05) is 0 Å². The molecule has 96 valence electrons. The lowest BCUT2D eigenvalue weighted by Crippen LogP contribution is -2.31. The van der Waals surface area contributed by atoms with Crippen molar-refractivity contribution in [1.82, 2.24) is 15.6 Å². The largest absolute Gasteiger partial charge is 0.353 e. The zero-order valence-electron chi connectivity index (χ0n) is 9.78. The second-order valence-electron chi connectivity index (χ2n) is 4.24. The summed E-state index contributed by atoms with van der Waals surface area (Å²) in [5, 5.41) is 5.56. The number of carbonyl (C=O) groups excluding carboxylic acids is 2. The fraction of sp³-hybridized carbons (Fsp3) is 0.417. The van der Waals surface area contributed by atoms with E-state index in [1.807, 2.05) is 0 Å². The Morgan fingerprint density at radius 3 is 2.83 bits per heavy atom. The Bertz CT molecular complexity index is 460. The molecule has 1 saturated carbocycles. The number of amides is 2. The van der Waals surface area contributed by atoms with E-state index in [2.05, 4.69) is 31.5 Å². The predicted octanol–water partition coefficient (Wildman–Crippen LogP) is 1.24. The van der Waals surface area contributed by atoms with Gasteiger partial charge >= 0.3 is 0 Å². The first-order chi connectivity index (χ1) is 8.65. The van der Waals surface area contributed by atoms with Crippen LogP contribution in [0.1, 0.15) is 29.6 Å². The van der Waals surface area contributed by atoms with Gasteiger partial charge < -0.3 is 10.6 Å². The lowest BCUT2D eigenvalue weighted by Gasteiger charge is -2.05. The van der Waals surface area contributed by atoms with E-state index in [1.54, 1.807) is 12.3 Å². The molecule has 1 aromatic rings. The van der Waals surface area contributed by atoms with Crippen LogP contribution in [0, 0.1) is 0 Å². The number of halogens is 1. The summed E-state index contributed by atoms with van der Waals surface area (Å²) in [6.07, 6.45) is 5.55. The summed E-state index contributed by atoms with van der Waals surface area (Å²) in [7, 11) is 0. The van der Waals surface area contributed by atoms with Crippen molar-refractivity contribution in [3.8, 4) is 0 Å². The number of hydrogen-bond donors (Lipinski definition) is 2. The molecule has 2 N–H and O–H groups in total. The highest BCUT2D eigenvalue weighted by Crippen LogP contribution is 2.18. The SMILES string of the molecule is O=C(CCNC(=O)c1cncc(Br)c1)NC1CC1. The normalized spacial score (nSPS) is 14.1. The first kappa shape index (κ1) is 13.0. The Morgan fingerprint density at radius 1 is 1.39 bits per heavy atom. The number of hydrogen-bond acceptors (Lipinski definition) is 3. The Morgan fingerprint density at radius 2 is 2.17 bits per heavy atom. The second-order valence-corrected chi connectivity index (χ2v) is 5.16. The molecule has 2 amide bonds. The summed E-state index contributed by atoms with van der Waals surface area (Å²) < 4.78 is 0.752. The van der Waals surface area contributed by atoms with Crippen molar-refractivity contribution in [1.29, 1.82) is 0 Å². The van der Waals surface area contributed by atoms with Crippen LogP contribution in [-0.4, -0.2) is 29.4 Å². The first-order valence-electron chi connectivity index (χ1n) is 5.83. The van der Waals surface area contributed by atoms with Crippen molar-refractivity contribution in [2.24, 2.45) is 0 Å². The average molecular weight is 312 g/mol. The van der Waals surface area contributed by atoms with Crippen LogP contribution >= 0.6 is 15.9 Å². The number of rotatable bonds is 5. The quantitative estimate of drug-likeness (QED) is 0.859. The monoisotopic (exact) mass is 311 g/mol. The van der Waals surface area contributed by atoms with Crippen LogP contribution in [-0.2, 0) is 4.79 Å². The third-order valence-electron chi connectivity index (χ3n) is 2.55. The topological polar surface area (TPSA) is 71.1 Å². The maximum Gasteiger partial charge on any atom is 0.252 e. The van der Waals surface area contributed by atoms with Gasteiger partial charge in [0.1, 0.15) is 0 Å². The minimum atomic E-state index is -0.219. The molecule has 18 heavy (non-hydrogen) atoms. The minimum Gasteiger partial charge on any atom is -0.353 e. The first-order valence-corrected chi connectivity index (χ1v) is 6.62. The van der Waals surface area contributed by atoms with Gasteiger partial charge in [-0.25, -0.2) is 0 Å². The lowest BCUT2D eigenvalue weighted by molar-refractivity contribution is -0.121. The van der Waals surface area contributed by atoms with Crippen LogP contribution in [0.25, 0.3) is 0 Å². The van der Waals surface area contributed by atoms with Crippen molar-refractivity contribution in [2.45, 2.75) is 25.3 Å². The van der Waals surface area contributed by atoms with E-state index >= 15 is 0 Å². The molecule has 0 spiro atoms. The van der Waals surface area contributed by atoms with E-state index in [-0.39, 0.29) is 11.8 Å². The van der Waals surface area contributed by atoms with E-state index in [4.69, 9.17) is 0 Å². The van der Waals surface area contributed by atoms with Crippen molar-refractivity contribution < 1.29 is 9.59 Å². The minimum absolute atomic E-state index is 0.00910. The van der Waals surface area contributed by atoms with Crippen molar-refractivity contribution in [2.75, 3.05) is 6.54 Å². The molecule has 1 aliphatic carbocycles. The molecule has 1 fully saturated rings. The van der Waals surface area contributed by atoms with Crippen LogP contribution in [0.15, 0.2) is 22.9 Å². The predicted molar refractivity (Wildman–Crippen MR) is 70.1 cm³/mol. The van der Waals surface area contributed by atoms with Crippen molar-refractivity contribution >= 4 is 27.7 Å². The summed E-state index contributed by atoms with van der Waals surface area (Å²) in [5.74, 6) is -0.229. The molecular weight excluding hydrogens is 298 g/mol. The highest BCUT2D eigenvalue weighted by molar-refractivity contribution is 9.10. The maximum absolute atomic E-state index is 11.7. The molecule has 0 atom stereocenters. The number of pyridine rings is 1. The van der Waals surface area contributed by atoms with Gasteiger partial charge in [0, 0.05) is 35.9 Å². The Hall–Kier alpha value is -1.43. The van der Waals surface area contributed by atoms with Gasteiger partial charge in [0.05, 0.1) is 5.56 Å². The Kier molecular flexibility index (Phi) is 4.30. The molecule has 1 aliphatic rings. The van der Waals surface area contributed by atoms with Crippen LogP contribution in [0.3, 0.4) is 0 Å². The molecule has 5 nitrogen and oxygen atoms in total. The summed E-state index contributed by atoms with van der Waals surface area (Å²) >= 11 is 3.25. The van der Waals surface area contributed by atoms with E-state index in [0.717, 1.165) is 17.3 Å². The molecule has 0 aliphatic heterocycles. The smallest absolute Gasteiger partial charge is 0.252 e.